The molecule has 0 spiro atoms. The summed E-state index contributed by atoms with van der Waals surface area (Å²) in [6.45, 7) is 4.12. The van der Waals surface area contributed by atoms with Crippen molar-refractivity contribution in [1.29, 1.82) is 0 Å². The van der Waals surface area contributed by atoms with E-state index in [1.54, 1.807) is 24.3 Å². The number of benzene rings is 1. The Morgan fingerprint density at radius 2 is 2.11 bits per heavy atom. The fourth-order valence-electron chi connectivity index (χ4n) is 1.78. The molecule has 0 N–H and O–H groups in total. The lowest BCUT2D eigenvalue weighted by Gasteiger charge is -2.13. The Kier molecular flexibility index (Phi) is 6.81. The van der Waals surface area contributed by atoms with Gasteiger partial charge in [0.05, 0.1) is 11.7 Å². The van der Waals surface area contributed by atoms with Crippen molar-refractivity contribution in [3.05, 3.63) is 34.9 Å². The van der Waals surface area contributed by atoms with Gasteiger partial charge in [0.1, 0.15) is 0 Å². The average molecular weight is 269 g/mol. The Bertz CT molecular complexity index is 377. The highest BCUT2D eigenvalue weighted by Crippen LogP contribution is 2.14. The molecule has 3 heteroatoms. The molecule has 1 aromatic carbocycles. The molecule has 0 aliphatic rings. The molecule has 1 atom stereocenters. The van der Waals surface area contributed by atoms with E-state index in [1.807, 2.05) is 6.92 Å². The third-order valence-corrected chi connectivity index (χ3v) is 3.07. The first-order valence-electron chi connectivity index (χ1n) is 6.60. The summed E-state index contributed by atoms with van der Waals surface area (Å²) in [6.07, 6.45) is 5.67. The van der Waals surface area contributed by atoms with Gasteiger partial charge >= 0.3 is 5.97 Å². The molecule has 2 nitrogen and oxygen atoms in total. The molecular formula is C15H21ClO2. The monoisotopic (exact) mass is 268 g/mol. The van der Waals surface area contributed by atoms with Gasteiger partial charge in [-0.15, -0.1) is 0 Å². The molecule has 0 unspecified atom stereocenters. The van der Waals surface area contributed by atoms with Crippen molar-refractivity contribution in [2.75, 3.05) is 0 Å². The fraction of sp³-hybridized carbons (Fsp3) is 0.533. The second kappa shape index (κ2) is 8.15. The lowest BCUT2D eigenvalue weighted by molar-refractivity contribution is 0.0319. The van der Waals surface area contributed by atoms with Crippen molar-refractivity contribution >= 4 is 17.6 Å². The molecule has 0 aliphatic heterocycles. The molecule has 0 aliphatic carbocycles. The van der Waals surface area contributed by atoms with E-state index < -0.39 is 0 Å². The van der Waals surface area contributed by atoms with E-state index in [9.17, 15) is 4.79 Å². The van der Waals surface area contributed by atoms with Crippen LogP contribution in [0.5, 0.6) is 0 Å². The number of hydrogen-bond acceptors (Lipinski definition) is 2. The summed E-state index contributed by atoms with van der Waals surface area (Å²) in [5.74, 6) is -0.291. The largest absolute Gasteiger partial charge is 0.459 e. The minimum Gasteiger partial charge on any atom is -0.459 e. The number of halogens is 1. The summed E-state index contributed by atoms with van der Waals surface area (Å²) in [5, 5.41) is 0.556. The standard InChI is InChI=1S/C15H21ClO2/c1-3-4-5-6-8-12(2)18-15(17)13-9-7-10-14(16)11-13/h7,9-12H,3-6,8H2,1-2H3/t12-/m0/s1. The van der Waals surface area contributed by atoms with Crippen LogP contribution in [0, 0.1) is 0 Å². The van der Waals surface area contributed by atoms with Crippen LogP contribution >= 0.6 is 11.6 Å². The minimum atomic E-state index is -0.291. The Morgan fingerprint density at radius 3 is 2.78 bits per heavy atom. The smallest absolute Gasteiger partial charge is 0.338 e. The highest BCUT2D eigenvalue weighted by Gasteiger charge is 2.11. The first-order chi connectivity index (χ1) is 8.63. The third-order valence-electron chi connectivity index (χ3n) is 2.83. The summed E-state index contributed by atoms with van der Waals surface area (Å²) in [6, 6.07) is 6.85. The van der Waals surface area contributed by atoms with Gasteiger partial charge in [0.2, 0.25) is 0 Å². The van der Waals surface area contributed by atoms with Crippen molar-refractivity contribution in [3.63, 3.8) is 0 Å². The Hall–Kier alpha value is -1.02. The number of esters is 1. The van der Waals surface area contributed by atoms with Crippen LogP contribution < -0.4 is 0 Å². The molecule has 0 heterocycles. The molecule has 0 radical (unpaired) electrons. The van der Waals surface area contributed by atoms with E-state index >= 15 is 0 Å². The maximum atomic E-state index is 11.8. The summed E-state index contributed by atoms with van der Waals surface area (Å²) in [5.41, 5.74) is 0.517. The molecule has 0 bridgehead atoms. The van der Waals surface area contributed by atoms with E-state index in [4.69, 9.17) is 16.3 Å². The third kappa shape index (κ3) is 5.54. The van der Waals surface area contributed by atoms with Crippen LogP contribution in [0.1, 0.15) is 56.3 Å². The van der Waals surface area contributed by atoms with Gasteiger partial charge in [-0.25, -0.2) is 4.79 Å². The van der Waals surface area contributed by atoms with E-state index in [0.717, 1.165) is 12.8 Å². The molecule has 0 saturated carbocycles. The second-order valence-electron chi connectivity index (χ2n) is 4.58. The normalized spacial score (nSPS) is 12.2. The van der Waals surface area contributed by atoms with Crippen LogP contribution in [0.25, 0.3) is 0 Å². The lowest BCUT2D eigenvalue weighted by Crippen LogP contribution is -2.15. The molecule has 0 aromatic heterocycles. The Balaban J connectivity index is 2.35. The molecular weight excluding hydrogens is 248 g/mol. The van der Waals surface area contributed by atoms with E-state index in [1.165, 1.54) is 19.3 Å². The van der Waals surface area contributed by atoms with Crippen molar-refractivity contribution < 1.29 is 9.53 Å². The lowest BCUT2D eigenvalue weighted by atomic mass is 10.1. The highest BCUT2D eigenvalue weighted by molar-refractivity contribution is 6.30. The number of ether oxygens (including phenoxy) is 1. The molecule has 0 saturated heterocycles. The van der Waals surface area contributed by atoms with Crippen molar-refractivity contribution in [2.45, 2.75) is 52.1 Å². The predicted octanol–water partition coefficient (Wildman–Crippen LogP) is 4.86. The van der Waals surface area contributed by atoms with Crippen LogP contribution in [0.2, 0.25) is 5.02 Å². The van der Waals surface area contributed by atoms with Gasteiger partial charge in [-0.3, -0.25) is 0 Å². The number of carbonyl (C=O) groups is 1. The number of rotatable bonds is 7. The van der Waals surface area contributed by atoms with Gasteiger partial charge in [-0.2, -0.15) is 0 Å². The zero-order valence-electron chi connectivity index (χ0n) is 11.1. The van der Waals surface area contributed by atoms with Crippen molar-refractivity contribution in [2.24, 2.45) is 0 Å². The van der Waals surface area contributed by atoms with Gasteiger partial charge in [-0.05, 0) is 38.0 Å². The molecule has 0 amide bonds. The Morgan fingerprint density at radius 1 is 1.33 bits per heavy atom. The fourth-order valence-corrected chi connectivity index (χ4v) is 1.97. The summed E-state index contributed by atoms with van der Waals surface area (Å²) >= 11 is 5.84. The topological polar surface area (TPSA) is 26.3 Å². The van der Waals surface area contributed by atoms with E-state index in [2.05, 4.69) is 6.92 Å². The summed E-state index contributed by atoms with van der Waals surface area (Å²) in [7, 11) is 0. The SMILES string of the molecule is CCCCCC[C@H](C)OC(=O)c1cccc(Cl)c1. The average Bonchev–Trinajstić information content (AvgIpc) is 2.34. The predicted molar refractivity (Wildman–Crippen MR) is 75.1 cm³/mol. The zero-order chi connectivity index (χ0) is 13.4. The molecule has 18 heavy (non-hydrogen) atoms. The highest BCUT2D eigenvalue weighted by atomic mass is 35.5. The van der Waals surface area contributed by atoms with Gasteiger partial charge in [0, 0.05) is 5.02 Å². The van der Waals surface area contributed by atoms with Gasteiger partial charge in [-0.1, -0.05) is 43.9 Å². The zero-order valence-corrected chi connectivity index (χ0v) is 11.9. The quantitative estimate of drug-likeness (QED) is 0.522. The Labute approximate surface area is 114 Å². The molecule has 1 rings (SSSR count). The maximum Gasteiger partial charge on any atom is 0.338 e. The van der Waals surface area contributed by atoms with Gasteiger partial charge in [0.25, 0.3) is 0 Å². The summed E-state index contributed by atoms with van der Waals surface area (Å²) in [4.78, 5) is 11.8. The van der Waals surface area contributed by atoms with Crippen LogP contribution in [0.3, 0.4) is 0 Å². The first-order valence-corrected chi connectivity index (χ1v) is 6.97. The van der Waals surface area contributed by atoms with Crippen LogP contribution in [0.15, 0.2) is 24.3 Å². The molecule has 100 valence electrons. The van der Waals surface area contributed by atoms with E-state index in [-0.39, 0.29) is 12.1 Å². The molecule has 1 aromatic rings. The minimum absolute atomic E-state index is 0.0339. The van der Waals surface area contributed by atoms with E-state index in [0.29, 0.717) is 10.6 Å². The van der Waals surface area contributed by atoms with Gasteiger partial charge in [0.15, 0.2) is 0 Å². The van der Waals surface area contributed by atoms with Crippen molar-refractivity contribution in [1.82, 2.24) is 0 Å². The van der Waals surface area contributed by atoms with Crippen LogP contribution in [-0.4, -0.2) is 12.1 Å². The maximum absolute atomic E-state index is 11.8. The van der Waals surface area contributed by atoms with Crippen LogP contribution in [0.4, 0.5) is 0 Å². The number of hydrogen-bond donors (Lipinski definition) is 0. The van der Waals surface area contributed by atoms with Crippen molar-refractivity contribution in [3.8, 4) is 0 Å². The number of carbonyl (C=O) groups excluding carboxylic acids is 1. The number of unbranched alkanes of at least 4 members (excludes halogenated alkanes) is 3. The molecule has 0 fully saturated rings. The van der Waals surface area contributed by atoms with Crippen LogP contribution in [-0.2, 0) is 4.74 Å². The first kappa shape index (κ1) is 15.0. The summed E-state index contributed by atoms with van der Waals surface area (Å²) < 4.78 is 5.37. The van der Waals surface area contributed by atoms with Gasteiger partial charge < -0.3 is 4.74 Å². The second-order valence-corrected chi connectivity index (χ2v) is 5.01.